The lowest BCUT2D eigenvalue weighted by Crippen LogP contribution is -1.96. The van der Waals surface area contributed by atoms with Gasteiger partial charge in [-0.2, -0.15) is 0 Å². The molecule has 0 bridgehead atoms. The summed E-state index contributed by atoms with van der Waals surface area (Å²) in [6, 6.07) is 0. The molecule has 76 valence electrons. The molecule has 0 N–H and O–H groups in total. The Labute approximate surface area is 83.4 Å². The molecule has 1 unspecified atom stereocenters. The number of allylic oxidation sites excluding steroid dienone is 2. The summed E-state index contributed by atoms with van der Waals surface area (Å²) in [6.45, 7) is 7.01. The van der Waals surface area contributed by atoms with Gasteiger partial charge in [-0.25, -0.2) is 0 Å². The Hall–Kier alpha value is -0.260. The Kier molecular flexibility index (Phi) is 4.55. The van der Waals surface area contributed by atoms with Gasteiger partial charge in [-0.05, 0) is 32.1 Å². The molecule has 0 aromatic rings. The standard InChI is InChI=1S/C13H24/c1-4-5-6-7-8-11(2)12(3)13-9-10-13/h11H,4-10H2,1-3H3. The lowest BCUT2D eigenvalue weighted by atomic mass is 9.95. The number of hydrogen-bond acceptors (Lipinski definition) is 0. The van der Waals surface area contributed by atoms with E-state index in [0.717, 1.165) is 5.92 Å². The fourth-order valence-electron chi connectivity index (χ4n) is 1.90. The minimum absolute atomic E-state index is 0.856. The van der Waals surface area contributed by atoms with Gasteiger partial charge in [-0.15, -0.1) is 0 Å². The van der Waals surface area contributed by atoms with Crippen LogP contribution >= 0.6 is 0 Å². The summed E-state index contributed by atoms with van der Waals surface area (Å²) in [5, 5.41) is 0. The molecular formula is C13H24. The average molecular weight is 180 g/mol. The Morgan fingerprint density at radius 1 is 1.23 bits per heavy atom. The van der Waals surface area contributed by atoms with Crippen molar-refractivity contribution < 1.29 is 0 Å². The van der Waals surface area contributed by atoms with Gasteiger partial charge in [0.2, 0.25) is 0 Å². The molecule has 0 spiro atoms. The van der Waals surface area contributed by atoms with Crippen molar-refractivity contribution >= 4 is 0 Å². The van der Waals surface area contributed by atoms with Crippen molar-refractivity contribution in [1.82, 2.24) is 0 Å². The SMILES string of the molecule is CCCCCCC(C)C(C)=C1CC1. The highest BCUT2D eigenvalue weighted by molar-refractivity contribution is 5.24. The summed E-state index contributed by atoms with van der Waals surface area (Å²) in [5.41, 5.74) is 3.46. The second-order valence-corrected chi connectivity index (χ2v) is 4.54. The predicted molar refractivity (Wildman–Crippen MR) is 59.9 cm³/mol. The maximum absolute atomic E-state index is 2.40. The third kappa shape index (κ3) is 3.97. The average Bonchev–Trinajstić information content (AvgIpc) is 2.94. The fourth-order valence-corrected chi connectivity index (χ4v) is 1.90. The molecule has 1 aliphatic rings. The molecule has 1 atom stereocenters. The van der Waals surface area contributed by atoms with Gasteiger partial charge in [0, 0.05) is 0 Å². The third-order valence-electron chi connectivity index (χ3n) is 3.29. The first-order valence-electron chi connectivity index (χ1n) is 5.94. The number of unbranched alkanes of at least 4 members (excludes halogenated alkanes) is 3. The maximum Gasteiger partial charge on any atom is -0.0232 e. The van der Waals surface area contributed by atoms with E-state index in [9.17, 15) is 0 Å². The van der Waals surface area contributed by atoms with Crippen molar-refractivity contribution in [2.45, 2.75) is 65.7 Å². The van der Waals surface area contributed by atoms with Crippen LogP contribution in [0.4, 0.5) is 0 Å². The van der Waals surface area contributed by atoms with Crippen molar-refractivity contribution in [2.75, 3.05) is 0 Å². The molecule has 1 saturated carbocycles. The molecule has 0 heteroatoms. The van der Waals surface area contributed by atoms with E-state index in [2.05, 4.69) is 20.8 Å². The first-order valence-corrected chi connectivity index (χ1v) is 5.94. The molecule has 0 radical (unpaired) electrons. The van der Waals surface area contributed by atoms with E-state index in [4.69, 9.17) is 0 Å². The Balaban J connectivity index is 2.10. The van der Waals surface area contributed by atoms with Crippen LogP contribution in [0.2, 0.25) is 0 Å². The van der Waals surface area contributed by atoms with Crippen LogP contribution in [0.15, 0.2) is 11.1 Å². The lowest BCUT2D eigenvalue weighted by Gasteiger charge is -2.11. The minimum atomic E-state index is 0.856. The van der Waals surface area contributed by atoms with E-state index in [1.54, 1.807) is 11.1 Å². The summed E-state index contributed by atoms with van der Waals surface area (Å²) in [5.74, 6) is 0.856. The van der Waals surface area contributed by atoms with Crippen molar-refractivity contribution in [3.8, 4) is 0 Å². The maximum atomic E-state index is 2.40. The molecule has 1 aliphatic carbocycles. The number of rotatable bonds is 6. The summed E-state index contributed by atoms with van der Waals surface area (Å²) >= 11 is 0. The highest BCUT2D eigenvalue weighted by Crippen LogP contribution is 2.35. The lowest BCUT2D eigenvalue weighted by molar-refractivity contribution is 0.541. The molecule has 0 aromatic carbocycles. The van der Waals surface area contributed by atoms with Crippen LogP contribution in [-0.2, 0) is 0 Å². The highest BCUT2D eigenvalue weighted by Gasteiger charge is 2.17. The van der Waals surface area contributed by atoms with Crippen molar-refractivity contribution in [2.24, 2.45) is 5.92 Å². The van der Waals surface area contributed by atoms with E-state index in [-0.39, 0.29) is 0 Å². The summed E-state index contributed by atoms with van der Waals surface area (Å²) in [6.07, 6.45) is 9.84. The van der Waals surface area contributed by atoms with Gasteiger partial charge in [0.25, 0.3) is 0 Å². The van der Waals surface area contributed by atoms with Crippen LogP contribution in [0.25, 0.3) is 0 Å². The second-order valence-electron chi connectivity index (χ2n) is 4.54. The molecule has 0 saturated heterocycles. The molecule has 0 nitrogen and oxygen atoms in total. The monoisotopic (exact) mass is 180 g/mol. The van der Waals surface area contributed by atoms with Gasteiger partial charge < -0.3 is 0 Å². The zero-order valence-corrected chi connectivity index (χ0v) is 9.53. The predicted octanol–water partition coefficient (Wildman–Crippen LogP) is 4.70. The van der Waals surface area contributed by atoms with Gasteiger partial charge in [0.1, 0.15) is 0 Å². The third-order valence-corrected chi connectivity index (χ3v) is 3.29. The van der Waals surface area contributed by atoms with E-state index in [1.165, 1.54) is 44.9 Å². The number of hydrogen-bond donors (Lipinski definition) is 0. The van der Waals surface area contributed by atoms with Gasteiger partial charge in [-0.3, -0.25) is 0 Å². The van der Waals surface area contributed by atoms with Gasteiger partial charge >= 0.3 is 0 Å². The van der Waals surface area contributed by atoms with Crippen molar-refractivity contribution in [3.05, 3.63) is 11.1 Å². The van der Waals surface area contributed by atoms with E-state index >= 15 is 0 Å². The summed E-state index contributed by atoms with van der Waals surface area (Å²) < 4.78 is 0. The second kappa shape index (κ2) is 5.47. The van der Waals surface area contributed by atoms with Crippen LogP contribution in [0.5, 0.6) is 0 Å². The first-order chi connectivity index (χ1) is 6.25. The quantitative estimate of drug-likeness (QED) is 0.410. The van der Waals surface area contributed by atoms with Crippen molar-refractivity contribution in [3.63, 3.8) is 0 Å². The smallest absolute Gasteiger partial charge is 0.0232 e. The van der Waals surface area contributed by atoms with Crippen molar-refractivity contribution in [1.29, 1.82) is 0 Å². The molecule has 0 amide bonds. The zero-order chi connectivity index (χ0) is 9.68. The zero-order valence-electron chi connectivity index (χ0n) is 9.53. The Bertz CT molecular complexity index is 170. The topological polar surface area (TPSA) is 0 Å². The molecule has 0 heterocycles. The van der Waals surface area contributed by atoms with Crippen LogP contribution in [0.1, 0.15) is 65.7 Å². The van der Waals surface area contributed by atoms with E-state index in [0.29, 0.717) is 0 Å². The fraction of sp³-hybridized carbons (Fsp3) is 0.846. The minimum Gasteiger partial charge on any atom is -0.0713 e. The Morgan fingerprint density at radius 2 is 1.92 bits per heavy atom. The van der Waals surface area contributed by atoms with Crippen LogP contribution in [0, 0.1) is 5.92 Å². The van der Waals surface area contributed by atoms with E-state index in [1.807, 2.05) is 0 Å². The summed E-state index contributed by atoms with van der Waals surface area (Å²) in [4.78, 5) is 0. The molecule has 0 aromatic heterocycles. The molecule has 13 heavy (non-hydrogen) atoms. The molecule has 1 rings (SSSR count). The normalized spacial score (nSPS) is 17.3. The molecule has 0 aliphatic heterocycles. The summed E-state index contributed by atoms with van der Waals surface area (Å²) in [7, 11) is 0. The van der Waals surface area contributed by atoms with Crippen LogP contribution < -0.4 is 0 Å². The largest absolute Gasteiger partial charge is 0.0713 e. The molecular weight excluding hydrogens is 156 g/mol. The Morgan fingerprint density at radius 3 is 2.46 bits per heavy atom. The van der Waals surface area contributed by atoms with Gasteiger partial charge in [0.05, 0.1) is 0 Å². The van der Waals surface area contributed by atoms with Crippen LogP contribution in [0.3, 0.4) is 0 Å². The first kappa shape index (κ1) is 10.8. The van der Waals surface area contributed by atoms with E-state index < -0.39 is 0 Å². The van der Waals surface area contributed by atoms with Gasteiger partial charge in [0.15, 0.2) is 0 Å². The molecule has 1 fully saturated rings. The van der Waals surface area contributed by atoms with Crippen LogP contribution in [-0.4, -0.2) is 0 Å². The van der Waals surface area contributed by atoms with Gasteiger partial charge in [-0.1, -0.05) is 50.7 Å². The highest BCUT2D eigenvalue weighted by atomic mass is 14.2.